The number of alkyl halides is 3. The third-order valence-electron chi connectivity index (χ3n) is 7.83. The SMILES string of the molecule is CCOC(=O)[C@@H]1CCC[C@H](C(=O)Nc2ccc(C3CCN(C(=O)Cc4ccccc4C(F)(F)F)CC3)cc2)C1. The van der Waals surface area contributed by atoms with Crippen molar-refractivity contribution in [2.45, 2.75) is 64.0 Å². The number of hydrogen-bond acceptors (Lipinski definition) is 4. The van der Waals surface area contributed by atoms with Crippen LogP contribution in [0.3, 0.4) is 0 Å². The topological polar surface area (TPSA) is 75.7 Å². The number of hydrogen-bond donors (Lipinski definition) is 1. The van der Waals surface area contributed by atoms with Crippen molar-refractivity contribution in [3.63, 3.8) is 0 Å². The molecule has 1 heterocycles. The van der Waals surface area contributed by atoms with Gasteiger partial charge in [0, 0.05) is 24.7 Å². The Morgan fingerprint density at radius 2 is 1.62 bits per heavy atom. The highest BCUT2D eigenvalue weighted by Gasteiger charge is 2.34. The number of ether oxygens (including phenoxy) is 1. The van der Waals surface area contributed by atoms with Crippen molar-refractivity contribution in [3.05, 3.63) is 65.2 Å². The molecule has 1 aliphatic heterocycles. The van der Waals surface area contributed by atoms with Gasteiger partial charge in [0.25, 0.3) is 0 Å². The first kappa shape index (κ1) is 28.6. The molecular weight excluding hydrogens is 509 g/mol. The molecule has 2 aromatic carbocycles. The van der Waals surface area contributed by atoms with Gasteiger partial charge in [-0.1, -0.05) is 36.8 Å². The summed E-state index contributed by atoms with van der Waals surface area (Å²) in [6, 6.07) is 12.9. The second kappa shape index (κ2) is 12.7. The molecule has 4 rings (SSSR count). The molecule has 0 spiro atoms. The van der Waals surface area contributed by atoms with Gasteiger partial charge < -0.3 is 15.0 Å². The fraction of sp³-hybridized carbons (Fsp3) is 0.500. The van der Waals surface area contributed by atoms with Crippen LogP contribution in [0.5, 0.6) is 0 Å². The molecule has 1 N–H and O–H groups in total. The third kappa shape index (κ3) is 7.40. The van der Waals surface area contributed by atoms with Gasteiger partial charge in [-0.15, -0.1) is 0 Å². The smallest absolute Gasteiger partial charge is 0.416 e. The zero-order valence-corrected chi connectivity index (χ0v) is 22.1. The number of nitrogens with one attached hydrogen (secondary N) is 1. The summed E-state index contributed by atoms with van der Waals surface area (Å²) in [5, 5.41) is 2.97. The van der Waals surface area contributed by atoms with Crippen molar-refractivity contribution in [2.24, 2.45) is 11.8 Å². The molecular formula is C30H35F3N2O4. The van der Waals surface area contributed by atoms with Gasteiger partial charge in [-0.2, -0.15) is 13.2 Å². The minimum atomic E-state index is -4.49. The Morgan fingerprint density at radius 3 is 2.28 bits per heavy atom. The molecule has 0 radical (unpaired) electrons. The van der Waals surface area contributed by atoms with Crippen molar-refractivity contribution in [1.29, 1.82) is 0 Å². The van der Waals surface area contributed by atoms with E-state index in [1.807, 2.05) is 24.3 Å². The number of esters is 1. The quantitative estimate of drug-likeness (QED) is 0.437. The first-order valence-corrected chi connectivity index (χ1v) is 13.7. The maximum Gasteiger partial charge on any atom is 0.416 e. The Hall–Kier alpha value is -3.36. The van der Waals surface area contributed by atoms with Crippen LogP contribution in [-0.4, -0.2) is 42.4 Å². The third-order valence-corrected chi connectivity index (χ3v) is 7.83. The molecule has 39 heavy (non-hydrogen) atoms. The average molecular weight is 545 g/mol. The summed E-state index contributed by atoms with van der Waals surface area (Å²) < 4.78 is 45.0. The van der Waals surface area contributed by atoms with Crippen molar-refractivity contribution in [3.8, 4) is 0 Å². The summed E-state index contributed by atoms with van der Waals surface area (Å²) >= 11 is 0. The van der Waals surface area contributed by atoms with Gasteiger partial charge in [0.15, 0.2) is 0 Å². The van der Waals surface area contributed by atoms with E-state index in [2.05, 4.69) is 5.32 Å². The second-order valence-corrected chi connectivity index (χ2v) is 10.4. The molecule has 2 amide bonds. The minimum absolute atomic E-state index is 0.000557. The van der Waals surface area contributed by atoms with Crippen LogP contribution in [-0.2, 0) is 31.7 Å². The van der Waals surface area contributed by atoms with Crippen LogP contribution in [0.1, 0.15) is 68.1 Å². The molecule has 210 valence electrons. The summed E-state index contributed by atoms with van der Waals surface area (Å²) in [6.45, 7) is 3.09. The number of piperidine rings is 1. The van der Waals surface area contributed by atoms with Gasteiger partial charge >= 0.3 is 12.1 Å². The van der Waals surface area contributed by atoms with Crippen LogP contribution in [0.4, 0.5) is 18.9 Å². The number of amides is 2. The molecule has 9 heteroatoms. The van der Waals surface area contributed by atoms with E-state index in [1.165, 1.54) is 18.2 Å². The second-order valence-electron chi connectivity index (χ2n) is 10.4. The van der Waals surface area contributed by atoms with Gasteiger partial charge in [0.05, 0.1) is 24.5 Å². The Labute approximate surface area is 226 Å². The van der Waals surface area contributed by atoms with Crippen molar-refractivity contribution in [2.75, 3.05) is 25.0 Å². The molecule has 1 aliphatic carbocycles. The van der Waals surface area contributed by atoms with Crippen LogP contribution in [0.25, 0.3) is 0 Å². The van der Waals surface area contributed by atoms with E-state index in [-0.39, 0.29) is 47.5 Å². The Bertz CT molecular complexity index is 1160. The lowest BCUT2D eigenvalue weighted by atomic mass is 9.81. The van der Waals surface area contributed by atoms with Crippen LogP contribution < -0.4 is 5.32 Å². The van der Waals surface area contributed by atoms with Gasteiger partial charge in [-0.25, -0.2) is 0 Å². The van der Waals surface area contributed by atoms with Gasteiger partial charge in [-0.05, 0) is 74.3 Å². The molecule has 0 aromatic heterocycles. The molecule has 2 aliphatic rings. The highest BCUT2D eigenvalue weighted by atomic mass is 19.4. The average Bonchev–Trinajstić information content (AvgIpc) is 2.93. The number of anilines is 1. The summed E-state index contributed by atoms with van der Waals surface area (Å²) in [4.78, 5) is 39.3. The van der Waals surface area contributed by atoms with E-state index in [4.69, 9.17) is 4.74 Å². The lowest BCUT2D eigenvalue weighted by Gasteiger charge is -2.32. The lowest BCUT2D eigenvalue weighted by Crippen LogP contribution is -2.39. The van der Waals surface area contributed by atoms with E-state index in [9.17, 15) is 27.6 Å². The molecule has 2 fully saturated rings. The monoisotopic (exact) mass is 544 g/mol. The van der Waals surface area contributed by atoms with Gasteiger partial charge in [0.2, 0.25) is 11.8 Å². The maximum absolute atomic E-state index is 13.3. The van der Waals surface area contributed by atoms with Crippen LogP contribution >= 0.6 is 0 Å². The highest BCUT2D eigenvalue weighted by Crippen LogP contribution is 2.34. The van der Waals surface area contributed by atoms with Crippen LogP contribution in [0, 0.1) is 11.8 Å². The number of carbonyl (C=O) groups is 3. The van der Waals surface area contributed by atoms with E-state index in [0.29, 0.717) is 31.8 Å². The van der Waals surface area contributed by atoms with Gasteiger partial charge in [-0.3, -0.25) is 14.4 Å². The predicted molar refractivity (Wildman–Crippen MR) is 141 cm³/mol. The van der Waals surface area contributed by atoms with Crippen LogP contribution in [0.15, 0.2) is 48.5 Å². The Balaban J connectivity index is 1.27. The molecule has 2 atom stereocenters. The number of rotatable bonds is 7. The summed E-state index contributed by atoms with van der Waals surface area (Å²) in [7, 11) is 0. The Morgan fingerprint density at radius 1 is 0.949 bits per heavy atom. The molecule has 2 aromatic rings. The molecule has 1 saturated heterocycles. The van der Waals surface area contributed by atoms with Crippen molar-refractivity contribution < 1.29 is 32.3 Å². The zero-order valence-electron chi connectivity index (χ0n) is 22.1. The van der Waals surface area contributed by atoms with Crippen molar-refractivity contribution >= 4 is 23.5 Å². The summed E-state index contributed by atoms with van der Waals surface area (Å²) in [6.07, 6.45) is -0.502. The molecule has 1 saturated carbocycles. The number of nitrogens with zero attached hydrogens (tertiary/aromatic N) is 1. The molecule has 6 nitrogen and oxygen atoms in total. The van der Waals surface area contributed by atoms with E-state index in [0.717, 1.165) is 43.7 Å². The zero-order chi connectivity index (χ0) is 28.0. The van der Waals surface area contributed by atoms with E-state index in [1.54, 1.807) is 11.8 Å². The maximum atomic E-state index is 13.3. The largest absolute Gasteiger partial charge is 0.466 e. The molecule has 0 unspecified atom stereocenters. The number of likely N-dealkylation sites (tertiary alicyclic amines) is 1. The first-order valence-electron chi connectivity index (χ1n) is 13.7. The van der Waals surface area contributed by atoms with Crippen molar-refractivity contribution in [1.82, 2.24) is 4.90 Å². The minimum Gasteiger partial charge on any atom is -0.466 e. The van der Waals surface area contributed by atoms with Gasteiger partial charge in [0.1, 0.15) is 0 Å². The number of halogens is 3. The summed E-state index contributed by atoms with van der Waals surface area (Å²) in [5.41, 5.74) is 1.03. The highest BCUT2D eigenvalue weighted by molar-refractivity contribution is 5.93. The molecule has 0 bridgehead atoms. The fourth-order valence-corrected chi connectivity index (χ4v) is 5.67. The van der Waals surface area contributed by atoms with E-state index < -0.39 is 11.7 Å². The Kier molecular flexibility index (Phi) is 9.30. The normalized spacial score (nSPS) is 20.4. The first-order chi connectivity index (χ1) is 18.7. The van der Waals surface area contributed by atoms with Crippen LogP contribution in [0.2, 0.25) is 0 Å². The predicted octanol–water partition coefficient (Wildman–Crippen LogP) is 5.96. The summed E-state index contributed by atoms with van der Waals surface area (Å²) in [5.74, 6) is -0.832. The number of benzene rings is 2. The lowest BCUT2D eigenvalue weighted by molar-refractivity contribution is -0.150. The van der Waals surface area contributed by atoms with E-state index >= 15 is 0 Å². The number of carbonyl (C=O) groups excluding carboxylic acids is 3. The fourth-order valence-electron chi connectivity index (χ4n) is 5.67. The standard InChI is InChI=1S/C30H35F3N2O4/c1-2-39-29(38)24-8-5-7-23(18-24)28(37)34-25-12-10-20(11-13-25)21-14-16-35(17-15-21)27(36)19-22-6-3-4-9-26(22)30(31,32)33/h3-4,6,9-13,21,23-24H,2,5,7-8,14-19H2,1H3,(H,34,37)/t23-,24+/m0/s1.